The number of benzene rings is 2. The van der Waals surface area contributed by atoms with Crippen LogP contribution in [0.2, 0.25) is 5.02 Å². The standard InChI is InChI=1S/C23H20ClF2N3O2S/c24-16-12-14(22(30)29-10-2-1-6-20-19(29)9-11-32-20)7-8-15(16)13-27-23(31)28-21-17(25)4-3-5-18(21)26/h3-5,7-9,11-12H,1-2,6,10,13H2,(H2,27,28,31). The topological polar surface area (TPSA) is 61.4 Å². The van der Waals surface area contributed by atoms with Crippen LogP contribution in [0.25, 0.3) is 0 Å². The molecule has 1 aromatic heterocycles. The zero-order chi connectivity index (χ0) is 22.7. The van der Waals surface area contributed by atoms with Crippen LogP contribution in [0.1, 0.15) is 33.6 Å². The largest absolute Gasteiger partial charge is 0.334 e. The maximum atomic E-state index is 13.7. The minimum Gasteiger partial charge on any atom is -0.334 e. The molecule has 2 heterocycles. The van der Waals surface area contributed by atoms with Crippen molar-refractivity contribution in [1.82, 2.24) is 5.32 Å². The first kappa shape index (κ1) is 22.2. The average Bonchev–Trinajstić information content (AvgIpc) is 3.14. The molecule has 2 aromatic carbocycles. The van der Waals surface area contributed by atoms with Crippen molar-refractivity contribution in [1.29, 1.82) is 0 Å². The normalized spacial score (nSPS) is 13.3. The highest BCUT2D eigenvalue weighted by atomic mass is 35.5. The first-order chi connectivity index (χ1) is 15.4. The lowest BCUT2D eigenvalue weighted by atomic mass is 10.1. The summed E-state index contributed by atoms with van der Waals surface area (Å²) < 4.78 is 27.3. The van der Waals surface area contributed by atoms with Crippen molar-refractivity contribution in [2.75, 3.05) is 16.8 Å². The fourth-order valence-corrected chi connectivity index (χ4v) is 4.75. The third-order valence-electron chi connectivity index (χ3n) is 5.23. The molecular weight excluding hydrogens is 456 g/mol. The number of nitrogens with one attached hydrogen (secondary N) is 2. The Kier molecular flexibility index (Phi) is 6.72. The molecule has 9 heteroatoms. The molecular formula is C23H20ClF2N3O2S. The Bertz CT molecular complexity index is 1150. The van der Waals surface area contributed by atoms with Crippen molar-refractivity contribution in [2.45, 2.75) is 25.8 Å². The fourth-order valence-electron chi connectivity index (χ4n) is 3.58. The smallest absolute Gasteiger partial charge is 0.319 e. The lowest BCUT2D eigenvalue weighted by Gasteiger charge is -2.21. The Labute approximate surface area is 193 Å². The van der Waals surface area contributed by atoms with Gasteiger partial charge in [0, 0.05) is 28.6 Å². The molecule has 166 valence electrons. The molecule has 1 aliphatic heterocycles. The number of urea groups is 1. The Morgan fingerprint density at radius 3 is 2.62 bits per heavy atom. The highest BCUT2D eigenvalue weighted by Gasteiger charge is 2.23. The summed E-state index contributed by atoms with van der Waals surface area (Å²) >= 11 is 8.02. The summed E-state index contributed by atoms with van der Waals surface area (Å²) in [5, 5.41) is 6.97. The molecule has 0 aliphatic carbocycles. The molecule has 32 heavy (non-hydrogen) atoms. The van der Waals surface area contributed by atoms with E-state index in [9.17, 15) is 18.4 Å². The minimum absolute atomic E-state index is 0.0214. The van der Waals surface area contributed by atoms with E-state index < -0.39 is 23.4 Å². The Morgan fingerprint density at radius 1 is 1.09 bits per heavy atom. The Balaban J connectivity index is 1.42. The number of aryl methyl sites for hydroxylation is 1. The van der Waals surface area contributed by atoms with Gasteiger partial charge in [-0.1, -0.05) is 23.7 Å². The first-order valence-corrected chi connectivity index (χ1v) is 11.4. The number of hydrogen-bond donors (Lipinski definition) is 2. The van der Waals surface area contributed by atoms with E-state index in [0.717, 1.165) is 37.1 Å². The number of para-hydroxylation sites is 1. The number of anilines is 2. The molecule has 4 rings (SSSR count). The summed E-state index contributed by atoms with van der Waals surface area (Å²) in [5.41, 5.74) is 1.45. The third-order valence-corrected chi connectivity index (χ3v) is 6.56. The SMILES string of the molecule is O=C(NCc1ccc(C(=O)N2CCCCc3sccc32)cc1Cl)Nc1c(F)cccc1F. The van der Waals surface area contributed by atoms with Gasteiger partial charge in [0.25, 0.3) is 5.91 Å². The van der Waals surface area contributed by atoms with Gasteiger partial charge >= 0.3 is 6.03 Å². The molecule has 0 saturated heterocycles. The van der Waals surface area contributed by atoms with Crippen LogP contribution in [-0.4, -0.2) is 18.5 Å². The molecule has 0 unspecified atom stereocenters. The second-order valence-corrected chi connectivity index (χ2v) is 8.76. The quantitative estimate of drug-likeness (QED) is 0.487. The van der Waals surface area contributed by atoms with Gasteiger partial charge in [-0.3, -0.25) is 4.79 Å². The van der Waals surface area contributed by atoms with Crippen LogP contribution < -0.4 is 15.5 Å². The van der Waals surface area contributed by atoms with E-state index in [1.165, 1.54) is 10.9 Å². The molecule has 1 aliphatic rings. The summed E-state index contributed by atoms with van der Waals surface area (Å²) in [6.45, 7) is 0.671. The third kappa shape index (κ3) is 4.76. The number of carbonyl (C=O) groups is 2. The lowest BCUT2D eigenvalue weighted by molar-refractivity contribution is 0.0987. The van der Waals surface area contributed by atoms with Crippen LogP contribution in [0.4, 0.5) is 25.0 Å². The van der Waals surface area contributed by atoms with Gasteiger partial charge in [-0.05, 0) is 60.5 Å². The van der Waals surface area contributed by atoms with E-state index in [-0.39, 0.29) is 12.5 Å². The van der Waals surface area contributed by atoms with E-state index in [2.05, 4.69) is 10.6 Å². The van der Waals surface area contributed by atoms with E-state index in [1.54, 1.807) is 34.4 Å². The van der Waals surface area contributed by atoms with Gasteiger partial charge in [0.2, 0.25) is 0 Å². The van der Waals surface area contributed by atoms with Crippen molar-refractivity contribution in [3.8, 4) is 0 Å². The Morgan fingerprint density at radius 2 is 1.88 bits per heavy atom. The highest BCUT2D eigenvalue weighted by Crippen LogP contribution is 2.32. The van der Waals surface area contributed by atoms with E-state index in [0.29, 0.717) is 22.7 Å². The van der Waals surface area contributed by atoms with Crippen molar-refractivity contribution in [3.63, 3.8) is 0 Å². The number of thiophene rings is 1. The molecule has 0 saturated carbocycles. The number of carbonyl (C=O) groups excluding carboxylic acids is 2. The number of hydrogen-bond acceptors (Lipinski definition) is 3. The molecule has 0 radical (unpaired) electrons. The monoisotopic (exact) mass is 475 g/mol. The van der Waals surface area contributed by atoms with E-state index >= 15 is 0 Å². The molecule has 0 fully saturated rings. The predicted molar refractivity (Wildman–Crippen MR) is 123 cm³/mol. The average molecular weight is 476 g/mol. The van der Waals surface area contributed by atoms with Crippen LogP contribution >= 0.6 is 22.9 Å². The maximum Gasteiger partial charge on any atom is 0.319 e. The number of fused-ring (bicyclic) bond motifs is 1. The van der Waals surface area contributed by atoms with E-state index in [1.807, 2.05) is 11.4 Å². The van der Waals surface area contributed by atoms with Crippen LogP contribution in [0.3, 0.4) is 0 Å². The van der Waals surface area contributed by atoms with Gasteiger partial charge in [0.15, 0.2) is 0 Å². The van der Waals surface area contributed by atoms with Gasteiger partial charge < -0.3 is 15.5 Å². The molecule has 0 bridgehead atoms. The Hall–Kier alpha value is -2.97. The highest BCUT2D eigenvalue weighted by molar-refractivity contribution is 7.10. The summed E-state index contributed by atoms with van der Waals surface area (Å²) in [4.78, 5) is 28.2. The van der Waals surface area contributed by atoms with Crippen molar-refractivity contribution in [3.05, 3.63) is 80.5 Å². The van der Waals surface area contributed by atoms with Gasteiger partial charge in [0.05, 0.1) is 5.69 Å². The fraction of sp³-hybridized carbons (Fsp3) is 0.217. The van der Waals surface area contributed by atoms with Gasteiger partial charge in [-0.25, -0.2) is 13.6 Å². The molecule has 3 aromatic rings. The van der Waals surface area contributed by atoms with Crippen LogP contribution in [0.15, 0.2) is 47.8 Å². The van der Waals surface area contributed by atoms with Crippen molar-refractivity contribution in [2.24, 2.45) is 0 Å². The number of amides is 3. The number of nitrogens with zero attached hydrogens (tertiary/aromatic N) is 1. The molecule has 3 amide bonds. The van der Waals surface area contributed by atoms with Crippen molar-refractivity contribution < 1.29 is 18.4 Å². The maximum absolute atomic E-state index is 13.7. The van der Waals surface area contributed by atoms with Crippen molar-refractivity contribution >= 4 is 46.3 Å². The predicted octanol–water partition coefficient (Wildman–Crippen LogP) is 5.98. The molecule has 2 N–H and O–H groups in total. The number of rotatable bonds is 4. The lowest BCUT2D eigenvalue weighted by Crippen LogP contribution is -2.31. The summed E-state index contributed by atoms with van der Waals surface area (Å²) in [5.74, 6) is -1.87. The number of halogens is 3. The zero-order valence-corrected chi connectivity index (χ0v) is 18.5. The summed E-state index contributed by atoms with van der Waals surface area (Å²) in [7, 11) is 0. The summed E-state index contributed by atoms with van der Waals surface area (Å²) in [6, 6.07) is 9.40. The van der Waals surface area contributed by atoms with Crippen LogP contribution in [0.5, 0.6) is 0 Å². The second kappa shape index (κ2) is 9.67. The summed E-state index contributed by atoms with van der Waals surface area (Å²) in [6.07, 6.45) is 2.95. The van der Waals surface area contributed by atoms with Crippen LogP contribution in [-0.2, 0) is 13.0 Å². The molecule has 5 nitrogen and oxygen atoms in total. The minimum atomic E-state index is -0.872. The zero-order valence-electron chi connectivity index (χ0n) is 17.0. The molecule has 0 spiro atoms. The van der Waals surface area contributed by atoms with Gasteiger partial charge in [-0.2, -0.15) is 0 Å². The van der Waals surface area contributed by atoms with Crippen LogP contribution in [0, 0.1) is 11.6 Å². The van der Waals surface area contributed by atoms with Gasteiger partial charge in [-0.15, -0.1) is 11.3 Å². The second-order valence-electron chi connectivity index (χ2n) is 7.35. The first-order valence-electron chi connectivity index (χ1n) is 10.1. The molecule has 0 atom stereocenters. The van der Waals surface area contributed by atoms with E-state index in [4.69, 9.17) is 11.6 Å². The van der Waals surface area contributed by atoms with Gasteiger partial charge in [0.1, 0.15) is 17.3 Å².